The van der Waals surface area contributed by atoms with Crippen LogP contribution in [0.3, 0.4) is 0 Å². The molecule has 0 radical (unpaired) electrons. The van der Waals surface area contributed by atoms with Crippen LogP contribution < -0.4 is 4.74 Å². The van der Waals surface area contributed by atoms with Crippen molar-refractivity contribution in [2.75, 3.05) is 13.7 Å². The summed E-state index contributed by atoms with van der Waals surface area (Å²) < 4.78 is 5.49. The molecular weight excluding hydrogens is 372 g/mol. The first-order valence-corrected chi connectivity index (χ1v) is 12.5. The van der Waals surface area contributed by atoms with Gasteiger partial charge in [-0.05, 0) is 24.0 Å². The van der Waals surface area contributed by atoms with Crippen LogP contribution in [0.1, 0.15) is 132 Å². The Hall–Kier alpha value is -1.35. The summed E-state index contributed by atoms with van der Waals surface area (Å²) in [4.78, 5) is 11.7. The van der Waals surface area contributed by atoms with Crippen LogP contribution in [-0.4, -0.2) is 24.6 Å². The van der Waals surface area contributed by atoms with Gasteiger partial charge in [0.05, 0.1) is 7.11 Å². The molecule has 0 spiro atoms. The van der Waals surface area contributed by atoms with Gasteiger partial charge < -0.3 is 9.84 Å². The first-order chi connectivity index (χ1) is 14.6. The maximum absolute atomic E-state index is 11.7. The molecule has 0 amide bonds. The molecule has 3 heteroatoms. The quantitative estimate of drug-likeness (QED) is 0.184. The van der Waals surface area contributed by atoms with Gasteiger partial charge in [-0.15, -0.1) is 0 Å². The number of rotatable bonds is 19. The van der Waals surface area contributed by atoms with E-state index < -0.39 is 6.61 Å². The predicted octanol–water partition coefficient (Wildman–Crippen LogP) is 7.85. The zero-order valence-electron chi connectivity index (χ0n) is 19.9. The van der Waals surface area contributed by atoms with Crippen LogP contribution in [0.5, 0.6) is 5.75 Å². The van der Waals surface area contributed by atoms with Gasteiger partial charge in [-0.25, -0.2) is 0 Å². The fraction of sp³-hybridized carbons (Fsp3) is 0.741. The van der Waals surface area contributed by atoms with Crippen LogP contribution >= 0.6 is 0 Å². The van der Waals surface area contributed by atoms with Crippen molar-refractivity contribution < 1.29 is 14.6 Å². The second-order valence-corrected chi connectivity index (χ2v) is 8.82. The molecule has 30 heavy (non-hydrogen) atoms. The second kappa shape index (κ2) is 17.3. The van der Waals surface area contributed by atoms with E-state index in [4.69, 9.17) is 9.84 Å². The number of unbranched alkanes of at least 4 members (excludes halogenated alkanes) is 13. The molecule has 1 atom stereocenters. The number of aliphatic hydroxyl groups excluding tert-OH is 1. The largest absolute Gasteiger partial charge is 0.496 e. The van der Waals surface area contributed by atoms with Gasteiger partial charge >= 0.3 is 0 Å². The Morgan fingerprint density at radius 2 is 1.37 bits per heavy atom. The van der Waals surface area contributed by atoms with Gasteiger partial charge in [-0.1, -0.05) is 116 Å². The Balaban J connectivity index is 2.09. The standard InChI is InChI=1S/C27H46O3/c1-4-5-6-7-8-9-10-11-12-13-14-15-16-17-18-23(2)25-20-19-24(26(29)22-28)21-27(25)30-3/h19-21,23,28H,4-18,22H2,1-3H3. The number of hydrogen-bond acceptors (Lipinski definition) is 3. The first-order valence-electron chi connectivity index (χ1n) is 12.5. The topological polar surface area (TPSA) is 46.5 Å². The molecule has 0 aliphatic heterocycles. The lowest BCUT2D eigenvalue weighted by Crippen LogP contribution is -2.06. The van der Waals surface area contributed by atoms with E-state index in [1.54, 1.807) is 19.2 Å². The van der Waals surface area contributed by atoms with Crippen LogP contribution in [0.2, 0.25) is 0 Å². The van der Waals surface area contributed by atoms with Gasteiger partial charge in [-0.3, -0.25) is 4.79 Å². The van der Waals surface area contributed by atoms with Crippen molar-refractivity contribution in [3.05, 3.63) is 29.3 Å². The van der Waals surface area contributed by atoms with Crippen molar-refractivity contribution in [1.29, 1.82) is 0 Å². The van der Waals surface area contributed by atoms with Crippen LogP contribution in [0, 0.1) is 0 Å². The molecule has 0 bridgehead atoms. The summed E-state index contributed by atoms with van der Waals surface area (Å²) in [5, 5.41) is 9.03. The third-order valence-corrected chi connectivity index (χ3v) is 6.22. The summed E-state index contributed by atoms with van der Waals surface area (Å²) in [5.74, 6) is 0.905. The van der Waals surface area contributed by atoms with E-state index in [0.29, 0.717) is 11.5 Å². The van der Waals surface area contributed by atoms with Gasteiger partial charge in [0.1, 0.15) is 12.4 Å². The zero-order valence-corrected chi connectivity index (χ0v) is 19.9. The lowest BCUT2D eigenvalue weighted by Gasteiger charge is -2.16. The molecule has 0 saturated heterocycles. The smallest absolute Gasteiger partial charge is 0.188 e. The van der Waals surface area contributed by atoms with E-state index in [0.717, 1.165) is 17.7 Å². The summed E-state index contributed by atoms with van der Waals surface area (Å²) in [6.45, 7) is 4.05. The van der Waals surface area contributed by atoms with Gasteiger partial charge in [0, 0.05) is 5.56 Å². The Morgan fingerprint density at radius 3 is 1.83 bits per heavy atom. The zero-order chi connectivity index (χ0) is 22.0. The summed E-state index contributed by atoms with van der Waals surface area (Å²) >= 11 is 0. The molecular formula is C27H46O3. The second-order valence-electron chi connectivity index (χ2n) is 8.82. The molecule has 1 aromatic rings. The average Bonchev–Trinajstić information content (AvgIpc) is 2.78. The molecule has 0 aromatic heterocycles. The van der Waals surface area contributed by atoms with Crippen molar-refractivity contribution in [1.82, 2.24) is 0 Å². The van der Waals surface area contributed by atoms with E-state index in [1.165, 1.54) is 89.9 Å². The minimum Gasteiger partial charge on any atom is -0.496 e. The predicted molar refractivity (Wildman–Crippen MR) is 128 cm³/mol. The SMILES string of the molecule is CCCCCCCCCCCCCCCCC(C)c1ccc(C(=O)CO)cc1OC. The van der Waals surface area contributed by atoms with Crippen molar-refractivity contribution in [3.8, 4) is 5.75 Å². The summed E-state index contributed by atoms with van der Waals surface area (Å²) in [6, 6.07) is 5.55. The van der Waals surface area contributed by atoms with Gasteiger partial charge in [-0.2, -0.15) is 0 Å². The lowest BCUT2D eigenvalue weighted by atomic mass is 9.92. The van der Waals surface area contributed by atoms with Crippen molar-refractivity contribution >= 4 is 5.78 Å². The van der Waals surface area contributed by atoms with E-state index in [1.807, 2.05) is 6.07 Å². The minimum atomic E-state index is -0.461. The van der Waals surface area contributed by atoms with E-state index in [9.17, 15) is 4.79 Å². The molecule has 172 valence electrons. The minimum absolute atomic E-state index is 0.264. The van der Waals surface area contributed by atoms with Gasteiger partial charge in [0.25, 0.3) is 0 Å². The highest BCUT2D eigenvalue weighted by atomic mass is 16.5. The van der Waals surface area contributed by atoms with Crippen LogP contribution in [0.15, 0.2) is 18.2 Å². The summed E-state index contributed by atoms with van der Waals surface area (Å²) in [6.07, 6.45) is 20.5. The Bertz CT molecular complexity index is 567. The summed E-state index contributed by atoms with van der Waals surface area (Å²) in [5.41, 5.74) is 1.67. The first kappa shape index (κ1) is 26.7. The number of Topliss-reactive ketones (excluding diaryl/α,β-unsaturated/α-hetero) is 1. The lowest BCUT2D eigenvalue weighted by molar-refractivity contribution is 0.0903. The number of benzene rings is 1. The molecule has 0 aliphatic carbocycles. The van der Waals surface area contributed by atoms with Crippen molar-refractivity contribution in [2.45, 2.75) is 116 Å². The molecule has 1 unspecified atom stereocenters. The van der Waals surface area contributed by atoms with Crippen LogP contribution in [0.25, 0.3) is 0 Å². The highest BCUT2D eigenvalue weighted by molar-refractivity contribution is 5.97. The third-order valence-electron chi connectivity index (χ3n) is 6.22. The average molecular weight is 419 g/mol. The van der Waals surface area contributed by atoms with Gasteiger partial charge in [0.15, 0.2) is 5.78 Å². The maximum atomic E-state index is 11.7. The molecule has 0 aliphatic rings. The number of hydrogen-bond donors (Lipinski definition) is 1. The number of carbonyl (C=O) groups is 1. The number of carbonyl (C=O) groups excluding carboxylic acids is 1. The monoisotopic (exact) mass is 418 g/mol. The van der Waals surface area contributed by atoms with Crippen molar-refractivity contribution in [3.63, 3.8) is 0 Å². The number of methoxy groups -OCH3 is 1. The molecule has 0 heterocycles. The third kappa shape index (κ3) is 11.2. The highest BCUT2D eigenvalue weighted by Gasteiger charge is 2.14. The molecule has 1 rings (SSSR count). The number of aliphatic hydroxyl groups is 1. The highest BCUT2D eigenvalue weighted by Crippen LogP contribution is 2.31. The van der Waals surface area contributed by atoms with Gasteiger partial charge in [0.2, 0.25) is 0 Å². The molecule has 1 N–H and O–H groups in total. The number of ether oxygens (including phenoxy) is 1. The Morgan fingerprint density at radius 1 is 0.867 bits per heavy atom. The maximum Gasteiger partial charge on any atom is 0.188 e. The van der Waals surface area contributed by atoms with Crippen LogP contribution in [-0.2, 0) is 0 Å². The number of ketones is 1. The van der Waals surface area contributed by atoms with E-state index in [-0.39, 0.29) is 5.78 Å². The van der Waals surface area contributed by atoms with Crippen molar-refractivity contribution in [2.24, 2.45) is 0 Å². The normalized spacial score (nSPS) is 12.1. The Labute approximate surface area is 185 Å². The molecule has 0 fully saturated rings. The molecule has 3 nitrogen and oxygen atoms in total. The molecule has 1 aromatic carbocycles. The molecule has 0 saturated carbocycles. The van der Waals surface area contributed by atoms with Crippen LogP contribution in [0.4, 0.5) is 0 Å². The fourth-order valence-electron chi connectivity index (χ4n) is 4.18. The van der Waals surface area contributed by atoms with E-state index in [2.05, 4.69) is 13.8 Å². The Kier molecular flexibility index (Phi) is 15.4. The fourth-order valence-corrected chi connectivity index (χ4v) is 4.18. The van der Waals surface area contributed by atoms with E-state index >= 15 is 0 Å². The summed E-state index contributed by atoms with van der Waals surface area (Å²) in [7, 11) is 1.64.